The molecule has 1 saturated carbocycles. The van der Waals surface area contributed by atoms with Crippen molar-refractivity contribution in [1.82, 2.24) is 5.32 Å². The quantitative estimate of drug-likeness (QED) is 0.866. The fourth-order valence-electron chi connectivity index (χ4n) is 3.37. The van der Waals surface area contributed by atoms with Gasteiger partial charge in [0.1, 0.15) is 10.7 Å². The third kappa shape index (κ3) is 3.06. The SMILES string of the molecule is O=C(O)c1ccc(CNC(=O)C2(c3ccccc3F)CCCC2)s1. The van der Waals surface area contributed by atoms with Crippen molar-refractivity contribution in [3.8, 4) is 0 Å². The second kappa shape index (κ2) is 6.73. The van der Waals surface area contributed by atoms with Gasteiger partial charge < -0.3 is 10.4 Å². The van der Waals surface area contributed by atoms with Crippen molar-refractivity contribution in [2.24, 2.45) is 0 Å². The van der Waals surface area contributed by atoms with Gasteiger partial charge in [-0.05, 0) is 31.0 Å². The van der Waals surface area contributed by atoms with Crippen LogP contribution < -0.4 is 5.32 Å². The molecule has 2 N–H and O–H groups in total. The Hall–Kier alpha value is -2.21. The molecule has 0 unspecified atom stereocenters. The Kier molecular flexibility index (Phi) is 4.66. The van der Waals surface area contributed by atoms with Crippen LogP contribution in [0.2, 0.25) is 0 Å². The fourth-order valence-corrected chi connectivity index (χ4v) is 4.16. The Morgan fingerprint density at radius 3 is 2.50 bits per heavy atom. The van der Waals surface area contributed by atoms with Crippen molar-refractivity contribution in [2.45, 2.75) is 37.6 Å². The fraction of sp³-hybridized carbons (Fsp3) is 0.333. The van der Waals surface area contributed by atoms with Crippen LogP contribution in [-0.2, 0) is 16.8 Å². The number of hydrogen-bond acceptors (Lipinski definition) is 3. The van der Waals surface area contributed by atoms with E-state index in [4.69, 9.17) is 5.11 Å². The lowest BCUT2D eigenvalue weighted by Gasteiger charge is -2.28. The zero-order valence-corrected chi connectivity index (χ0v) is 13.9. The van der Waals surface area contributed by atoms with Gasteiger partial charge in [0.05, 0.1) is 12.0 Å². The van der Waals surface area contributed by atoms with Crippen LogP contribution in [-0.4, -0.2) is 17.0 Å². The molecular weight excluding hydrogens is 329 g/mol. The number of thiophene rings is 1. The molecule has 0 bridgehead atoms. The van der Waals surface area contributed by atoms with E-state index in [-0.39, 0.29) is 23.1 Å². The van der Waals surface area contributed by atoms with E-state index in [9.17, 15) is 14.0 Å². The number of carbonyl (C=O) groups is 2. The lowest BCUT2D eigenvalue weighted by atomic mass is 9.77. The first kappa shape index (κ1) is 16.6. The van der Waals surface area contributed by atoms with Crippen molar-refractivity contribution in [2.75, 3.05) is 0 Å². The molecule has 0 atom stereocenters. The number of halogens is 1. The second-order valence-electron chi connectivity index (χ2n) is 6.02. The van der Waals surface area contributed by atoms with Gasteiger partial charge in [-0.15, -0.1) is 11.3 Å². The number of rotatable bonds is 5. The molecule has 6 heteroatoms. The molecule has 0 spiro atoms. The van der Waals surface area contributed by atoms with Gasteiger partial charge in [-0.2, -0.15) is 0 Å². The van der Waals surface area contributed by atoms with Crippen LogP contribution in [0, 0.1) is 5.82 Å². The molecule has 1 aromatic carbocycles. The van der Waals surface area contributed by atoms with Gasteiger partial charge in [-0.3, -0.25) is 4.79 Å². The average molecular weight is 347 g/mol. The van der Waals surface area contributed by atoms with Gasteiger partial charge >= 0.3 is 5.97 Å². The number of nitrogens with one attached hydrogen (secondary N) is 1. The van der Waals surface area contributed by atoms with E-state index in [2.05, 4.69) is 5.32 Å². The van der Waals surface area contributed by atoms with E-state index in [1.807, 2.05) is 0 Å². The molecule has 24 heavy (non-hydrogen) atoms. The molecule has 1 heterocycles. The maximum atomic E-state index is 14.3. The Balaban J connectivity index is 1.78. The molecule has 3 rings (SSSR count). The molecule has 1 aliphatic carbocycles. The van der Waals surface area contributed by atoms with Gasteiger partial charge in [0.2, 0.25) is 5.91 Å². The van der Waals surface area contributed by atoms with E-state index in [1.165, 1.54) is 12.1 Å². The van der Waals surface area contributed by atoms with Crippen LogP contribution in [0.1, 0.15) is 45.8 Å². The lowest BCUT2D eigenvalue weighted by molar-refractivity contribution is -0.126. The van der Waals surface area contributed by atoms with Crippen LogP contribution in [0.4, 0.5) is 4.39 Å². The molecule has 126 valence electrons. The maximum Gasteiger partial charge on any atom is 0.345 e. The Bertz CT molecular complexity index is 765. The third-order valence-corrected chi connectivity index (χ3v) is 5.65. The zero-order valence-electron chi connectivity index (χ0n) is 13.0. The van der Waals surface area contributed by atoms with Crippen LogP contribution in [0.3, 0.4) is 0 Å². The van der Waals surface area contributed by atoms with Gasteiger partial charge in [0.25, 0.3) is 0 Å². The zero-order chi connectivity index (χ0) is 17.2. The van der Waals surface area contributed by atoms with E-state index in [1.54, 1.807) is 24.3 Å². The summed E-state index contributed by atoms with van der Waals surface area (Å²) in [7, 11) is 0. The molecule has 0 saturated heterocycles. The van der Waals surface area contributed by atoms with Crippen molar-refractivity contribution in [1.29, 1.82) is 0 Å². The summed E-state index contributed by atoms with van der Waals surface area (Å²) >= 11 is 1.14. The first-order chi connectivity index (χ1) is 11.5. The minimum absolute atomic E-state index is 0.185. The predicted octanol–water partition coefficient (Wildman–Crippen LogP) is 3.71. The number of carbonyl (C=O) groups excluding carboxylic acids is 1. The highest BCUT2D eigenvalue weighted by Gasteiger charge is 2.44. The minimum atomic E-state index is -0.976. The van der Waals surface area contributed by atoms with E-state index in [0.717, 1.165) is 29.1 Å². The summed E-state index contributed by atoms with van der Waals surface area (Å²) in [4.78, 5) is 24.8. The lowest BCUT2D eigenvalue weighted by Crippen LogP contribution is -2.42. The van der Waals surface area contributed by atoms with E-state index < -0.39 is 11.4 Å². The standard InChI is InChI=1S/C18H18FNO3S/c19-14-6-2-1-5-13(14)18(9-3-4-10-18)17(23)20-11-12-7-8-15(24-12)16(21)22/h1-2,5-8H,3-4,9-11H2,(H,20,23)(H,21,22). The van der Waals surface area contributed by atoms with E-state index >= 15 is 0 Å². The number of benzene rings is 1. The van der Waals surface area contributed by atoms with Crippen LogP contribution in [0.5, 0.6) is 0 Å². The van der Waals surface area contributed by atoms with Crippen molar-refractivity contribution >= 4 is 23.2 Å². The highest BCUT2D eigenvalue weighted by Crippen LogP contribution is 2.42. The van der Waals surface area contributed by atoms with Gasteiger partial charge in [-0.25, -0.2) is 9.18 Å². The first-order valence-corrected chi connectivity index (χ1v) is 8.70. The third-order valence-electron chi connectivity index (χ3n) is 4.58. The summed E-state index contributed by atoms with van der Waals surface area (Å²) in [5.74, 6) is -1.51. The topological polar surface area (TPSA) is 66.4 Å². The number of aromatic carboxylic acids is 1. The van der Waals surface area contributed by atoms with Gasteiger partial charge in [-0.1, -0.05) is 31.0 Å². The predicted molar refractivity (Wildman–Crippen MR) is 89.7 cm³/mol. The van der Waals surface area contributed by atoms with Crippen molar-refractivity contribution in [3.63, 3.8) is 0 Å². The molecule has 0 radical (unpaired) electrons. The molecule has 1 amide bonds. The summed E-state index contributed by atoms with van der Waals surface area (Å²) in [5, 5.41) is 11.8. The number of amides is 1. The van der Waals surface area contributed by atoms with Crippen LogP contribution in [0.25, 0.3) is 0 Å². The smallest absolute Gasteiger partial charge is 0.345 e. The van der Waals surface area contributed by atoms with E-state index in [0.29, 0.717) is 18.4 Å². The summed E-state index contributed by atoms with van der Waals surface area (Å²) in [6.45, 7) is 0.257. The first-order valence-electron chi connectivity index (χ1n) is 7.88. The Morgan fingerprint density at radius 2 is 1.88 bits per heavy atom. The Labute approximate surface area is 143 Å². The molecular formula is C18H18FNO3S. The normalized spacial score (nSPS) is 16.0. The summed E-state index contributed by atoms with van der Waals surface area (Å²) < 4.78 is 14.3. The highest BCUT2D eigenvalue weighted by atomic mass is 32.1. The molecule has 1 fully saturated rings. The van der Waals surface area contributed by atoms with Gasteiger partial charge in [0, 0.05) is 10.4 Å². The van der Waals surface area contributed by atoms with Crippen molar-refractivity contribution in [3.05, 3.63) is 57.5 Å². The Morgan fingerprint density at radius 1 is 1.17 bits per heavy atom. The van der Waals surface area contributed by atoms with Crippen LogP contribution in [0.15, 0.2) is 36.4 Å². The molecule has 4 nitrogen and oxygen atoms in total. The van der Waals surface area contributed by atoms with Gasteiger partial charge in [0.15, 0.2) is 0 Å². The number of hydrogen-bond donors (Lipinski definition) is 2. The molecule has 1 aliphatic rings. The second-order valence-corrected chi connectivity index (χ2v) is 7.19. The highest BCUT2D eigenvalue weighted by molar-refractivity contribution is 7.13. The maximum absolute atomic E-state index is 14.3. The molecule has 0 aliphatic heterocycles. The van der Waals surface area contributed by atoms with Crippen LogP contribution >= 0.6 is 11.3 Å². The van der Waals surface area contributed by atoms with Crippen molar-refractivity contribution < 1.29 is 19.1 Å². The molecule has 2 aromatic rings. The minimum Gasteiger partial charge on any atom is -0.477 e. The summed E-state index contributed by atoms with van der Waals surface area (Å²) in [6.07, 6.45) is 3.04. The molecule has 1 aromatic heterocycles. The summed E-state index contributed by atoms with van der Waals surface area (Å²) in [5.41, 5.74) is -0.365. The largest absolute Gasteiger partial charge is 0.477 e. The average Bonchev–Trinajstić information content (AvgIpc) is 3.23. The number of carboxylic acid groups (broad SMARTS) is 1. The number of carboxylic acids is 1. The monoisotopic (exact) mass is 347 g/mol. The summed E-state index contributed by atoms with van der Waals surface area (Å²) in [6, 6.07) is 9.67.